The van der Waals surface area contributed by atoms with Gasteiger partial charge in [0.05, 0.1) is 6.54 Å². The number of hydrogen-bond donors (Lipinski definition) is 1. The Hall–Kier alpha value is -3.23. The van der Waals surface area contributed by atoms with E-state index >= 15 is 0 Å². The lowest BCUT2D eigenvalue weighted by atomic mass is 10.1. The number of benzene rings is 2. The number of anilines is 1. The number of amides is 3. The molecule has 0 unspecified atom stereocenters. The number of methoxy groups -OCH3 is 1. The van der Waals surface area contributed by atoms with Crippen LogP contribution in [-0.2, 0) is 22.6 Å². The molecule has 6 nitrogen and oxygen atoms in total. The van der Waals surface area contributed by atoms with Crippen LogP contribution in [0.4, 0.5) is 14.9 Å². The summed E-state index contributed by atoms with van der Waals surface area (Å²) in [4.78, 5) is 30.9. The van der Waals surface area contributed by atoms with Crippen LogP contribution >= 0.6 is 11.3 Å². The lowest BCUT2D eigenvalue weighted by molar-refractivity contribution is -0.133. The second-order valence-corrected chi connectivity index (χ2v) is 9.50. The van der Waals surface area contributed by atoms with E-state index in [9.17, 15) is 14.0 Å². The van der Waals surface area contributed by atoms with E-state index in [1.54, 1.807) is 35.5 Å². The lowest BCUT2D eigenvalue weighted by Crippen LogP contribution is -2.44. The normalized spacial score (nSPS) is 10.7. The van der Waals surface area contributed by atoms with E-state index in [1.165, 1.54) is 17.0 Å². The number of hydrogen-bond acceptors (Lipinski definition) is 4. The highest BCUT2D eigenvalue weighted by Gasteiger charge is 2.22. The molecule has 1 N–H and O–H groups in total. The third-order valence-electron chi connectivity index (χ3n) is 5.58. The van der Waals surface area contributed by atoms with Crippen molar-refractivity contribution < 1.29 is 18.7 Å². The standard InChI is InChI=1S/C27H32FN3O3S/c1-20-7-12-25(21(2)16-20)29-27(33)30(13-5-14-34-3)19-26(32)31(18-24-6-4-15-35-24)17-22-8-10-23(28)11-9-22/h4,6-12,15-16H,5,13-14,17-19H2,1-3H3,(H,29,33). The molecule has 35 heavy (non-hydrogen) atoms. The number of nitrogens with zero attached hydrogens (tertiary/aromatic N) is 2. The van der Waals surface area contributed by atoms with Crippen LogP contribution in [0.25, 0.3) is 0 Å². The lowest BCUT2D eigenvalue weighted by Gasteiger charge is -2.28. The molecule has 8 heteroatoms. The van der Waals surface area contributed by atoms with E-state index in [2.05, 4.69) is 5.32 Å². The maximum absolute atomic E-state index is 13.5. The number of thiophene rings is 1. The van der Waals surface area contributed by atoms with Crippen LogP contribution in [0, 0.1) is 19.7 Å². The van der Waals surface area contributed by atoms with Gasteiger partial charge in [-0.15, -0.1) is 11.3 Å². The zero-order chi connectivity index (χ0) is 25.2. The maximum atomic E-state index is 13.5. The molecule has 0 radical (unpaired) electrons. The molecule has 0 spiro atoms. The molecule has 0 aliphatic heterocycles. The van der Waals surface area contributed by atoms with Crippen molar-refractivity contribution in [3.05, 3.63) is 87.4 Å². The van der Waals surface area contributed by atoms with Crippen molar-refractivity contribution in [2.24, 2.45) is 0 Å². The highest BCUT2D eigenvalue weighted by molar-refractivity contribution is 7.09. The molecule has 3 aromatic rings. The number of aryl methyl sites for hydroxylation is 2. The zero-order valence-corrected chi connectivity index (χ0v) is 21.2. The Bertz CT molecular complexity index is 1100. The van der Waals surface area contributed by atoms with Gasteiger partial charge in [0.2, 0.25) is 5.91 Å². The van der Waals surface area contributed by atoms with Crippen molar-refractivity contribution in [3.8, 4) is 0 Å². The Labute approximate surface area is 210 Å². The SMILES string of the molecule is COCCCN(CC(=O)N(Cc1ccc(F)cc1)Cc1cccs1)C(=O)Nc1ccc(C)cc1C. The fourth-order valence-electron chi connectivity index (χ4n) is 3.70. The third kappa shape index (κ3) is 8.19. The molecule has 3 amide bonds. The fourth-order valence-corrected chi connectivity index (χ4v) is 4.42. The molecular weight excluding hydrogens is 465 g/mol. The average molecular weight is 498 g/mol. The van der Waals surface area contributed by atoms with Gasteiger partial charge in [-0.2, -0.15) is 0 Å². The van der Waals surface area contributed by atoms with Crippen molar-refractivity contribution in [2.75, 3.05) is 32.1 Å². The molecule has 186 valence electrons. The van der Waals surface area contributed by atoms with Gasteiger partial charge < -0.3 is 19.9 Å². The number of nitrogens with one attached hydrogen (secondary N) is 1. The molecule has 1 aromatic heterocycles. The van der Waals surface area contributed by atoms with Crippen LogP contribution in [0.2, 0.25) is 0 Å². The zero-order valence-electron chi connectivity index (χ0n) is 20.4. The third-order valence-corrected chi connectivity index (χ3v) is 6.44. The van der Waals surface area contributed by atoms with Crippen molar-refractivity contribution in [3.63, 3.8) is 0 Å². The van der Waals surface area contributed by atoms with E-state index in [4.69, 9.17) is 4.74 Å². The van der Waals surface area contributed by atoms with E-state index in [1.807, 2.05) is 49.6 Å². The predicted molar refractivity (Wildman–Crippen MR) is 138 cm³/mol. The van der Waals surface area contributed by atoms with Crippen LogP contribution in [0.5, 0.6) is 0 Å². The molecule has 0 fully saturated rings. The van der Waals surface area contributed by atoms with Gasteiger partial charge in [-0.25, -0.2) is 9.18 Å². The summed E-state index contributed by atoms with van der Waals surface area (Å²) in [6, 6.07) is 15.5. The number of halogens is 1. The van der Waals surface area contributed by atoms with Crippen LogP contribution in [0.1, 0.15) is 28.0 Å². The minimum atomic E-state index is -0.334. The van der Waals surface area contributed by atoms with Gasteiger partial charge in [-0.1, -0.05) is 35.9 Å². The first kappa shape index (κ1) is 26.4. The quantitative estimate of drug-likeness (QED) is 0.351. The van der Waals surface area contributed by atoms with E-state index in [0.29, 0.717) is 38.3 Å². The van der Waals surface area contributed by atoms with Crippen molar-refractivity contribution in [1.82, 2.24) is 9.80 Å². The van der Waals surface area contributed by atoms with E-state index in [0.717, 1.165) is 21.6 Å². The molecule has 3 rings (SSSR count). The second kappa shape index (κ2) is 13.0. The smallest absolute Gasteiger partial charge is 0.322 e. The summed E-state index contributed by atoms with van der Waals surface area (Å²) in [6.45, 7) is 5.45. The summed E-state index contributed by atoms with van der Waals surface area (Å²) in [6.07, 6.45) is 0.604. The van der Waals surface area contributed by atoms with E-state index in [-0.39, 0.29) is 24.3 Å². The highest BCUT2D eigenvalue weighted by Crippen LogP contribution is 2.18. The van der Waals surface area contributed by atoms with Gasteiger partial charge in [0.1, 0.15) is 12.4 Å². The van der Waals surface area contributed by atoms with Gasteiger partial charge in [0.25, 0.3) is 0 Å². The number of carbonyl (C=O) groups excluding carboxylic acids is 2. The van der Waals surface area contributed by atoms with Crippen molar-refractivity contribution >= 4 is 29.0 Å². The molecule has 0 bridgehead atoms. The Morgan fingerprint density at radius 2 is 1.80 bits per heavy atom. The molecular formula is C27H32FN3O3S. The van der Waals surface area contributed by atoms with Gasteiger partial charge in [0, 0.05) is 37.4 Å². The Morgan fingerprint density at radius 1 is 1.03 bits per heavy atom. The van der Waals surface area contributed by atoms with Gasteiger partial charge in [-0.05, 0) is 61.0 Å². The average Bonchev–Trinajstić information content (AvgIpc) is 3.34. The number of carbonyl (C=O) groups is 2. The first-order valence-electron chi connectivity index (χ1n) is 11.5. The van der Waals surface area contributed by atoms with E-state index < -0.39 is 0 Å². The van der Waals surface area contributed by atoms with Crippen LogP contribution in [-0.4, -0.2) is 48.5 Å². The summed E-state index contributed by atoms with van der Waals surface area (Å²) >= 11 is 1.56. The molecule has 2 aromatic carbocycles. The molecule has 0 atom stereocenters. The molecule has 0 aliphatic carbocycles. The molecule has 0 saturated heterocycles. The summed E-state index contributed by atoms with van der Waals surface area (Å²) < 4.78 is 18.5. The number of rotatable bonds is 11. The second-order valence-electron chi connectivity index (χ2n) is 8.47. The topological polar surface area (TPSA) is 61.9 Å². The summed E-state index contributed by atoms with van der Waals surface area (Å²) in [7, 11) is 1.61. The van der Waals surface area contributed by atoms with Crippen LogP contribution in [0.3, 0.4) is 0 Å². The van der Waals surface area contributed by atoms with Crippen molar-refractivity contribution in [2.45, 2.75) is 33.4 Å². The fraction of sp³-hybridized carbons (Fsp3) is 0.333. The highest BCUT2D eigenvalue weighted by atomic mass is 32.1. The summed E-state index contributed by atoms with van der Waals surface area (Å²) in [5, 5.41) is 4.91. The molecule has 0 saturated carbocycles. The monoisotopic (exact) mass is 497 g/mol. The molecule has 0 aliphatic rings. The summed E-state index contributed by atoms with van der Waals surface area (Å²) in [5.74, 6) is -0.506. The van der Waals surface area contributed by atoms with Gasteiger partial charge >= 0.3 is 6.03 Å². The first-order valence-corrected chi connectivity index (χ1v) is 12.4. The number of urea groups is 1. The Balaban J connectivity index is 1.76. The minimum Gasteiger partial charge on any atom is -0.385 e. The Kier molecular flexibility index (Phi) is 9.81. The number of ether oxygens (including phenoxy) is 1. The van der Waals surface area contributed by atoms with Crippen molar-refractivity contribution in [1.29, 1.82) is 0 Å². The maximum Gasteiger partial charge on any atom is 0.322 e. The van der Waals surface area contributed by atoms with Gasteiger partial charge in [-0.3, -0.25) is 4.79 Å². The predicted octanol–water partition coefficient (Wildman–Crippen LogP) is 5.60. The Morgan fingerprint density at radius 3 is 2.46 bits per heavy atom. The molecule has 1 heterocycles. The largest absolute Gasteiger partial charge is 0.385 e. The van der Waals surface area contributed by atoms with Gasteiger partial charge in [0.15, 0.2) is 0 Å². The minimum absolute atomic E-state index is 0.0764. The summed E-state index contributed by atoms with van der Waals surface area (Å²) in [5.41, 5.74) is 3.60. The first-order chi connectivity index (χ1) is 16.9. The van der Waals surface area contributed by atoms with Crippen LogP contribution < -0.4 is 5.32 Å². The van der Waals surface area contributed by atoms with Crippen LogP contribution in [0.15, 0.2) is 60.0 Å².